The van der Waals surface area contributed by atoms with Gasteiger partial charge < -0.3 is 10.2 Å². The van der Waals surface area contributed by atoms with E-state index in [9.17, 15) is 14.9 Å². The van der Waals surface area contributed by atoms with E-state index in [1.807, 2.05) is 0 Å². The van der Waals surface area contributed by atoms with Gasteiger partial charge in [0.05, 0.1) is 4.92 Å². The molecule has 14 heavy (non-hydrogen) atoms. The van der Waals surface area contributed by atoms with Gasteiger partial charge in [-0.15, -0.1) is 0 Å². The van der Waals surface area contributed by atoms with Gasteiger partial charge in [-0.2, -0.15) is 5.26 Å². The highest BCUT2D eigenvalue weighted by Crippen LogP contribution is 2.03. The fraction of sp³-hybridized carbons (Fsp3) is 0.429. The van der Waals surface area contributed by atoms with Crippen LogP contribution in [0, 0.1) is 21.4 Å². The highest BCUT2D eigenvalue weighted by molar-refractivity contribution is 5.74. The predicted molar refractivity (Wildman–Crippen MR) is 47.1 cm³/mol. The second-order valence-electron chi connectivity index (χ2n) is 2.64. The van der Waals surface area contributed by atoms with E-state index in [2.05, 4.69) is 5.32 Å². The maximum Gasteiger partial charge on any atom is 0.385 e. The molecule has 0 heterocycles. The lowest BCUT2D eigenvalue weighted by Gasteiger charge is -2.14. The van der Waals surface area contributed by atoms with E-state index in [1.54, 1.807) is 0 Å². The molecular formula is C7H10N4O3. The molecule has 1 N–H and O–H groups in total. The number of allylic oxidation sites excluding steroid dienone is 1. The first-order valence-electron chi connectivity index (χ1n) is 3.63. The fourth-order valence-corrected chi connectivity index (χ4v) is 0.730. The molecule has 0 fully saturated rings. The van der Waals surface area contributed by atoms with E-state index in [-0.39, 0.29) is 5.82 Å². The van der Waals surface area contributed by atoms with Crippen molar-refractivity contribution < 1.29 is 9.72 Å². The van der Waals surface area contributed by atoms with Crippen molar-refractivity contribution >= 4 is 5.91 Å². The Bertz CT molecular complexity index is 326. The number of nitro groups is 1. The minimum Gasteiger partial charge on any atom is -0.358 e. The Morgan fingerprint density at radius 3 is 2.29 bits per heavy atom. The van der Waals surface area contributed by atoms with Crippen LogP contribution < -0.4 is 5.32 Å². The zero-order valence-corrected chi connectivity index (χ0v) is 8.07. The first-order valence-corrected chi connectivity index (χ1v) is 3.63. The second kappa shape index (κ2) is 4.81. The molecule has 0 saturated heterocycles. The Morgan fingerprint density at radius 1 is 1.57 bits per heavy atom. The van der Waals surface area contributed by atoms with Crippen LogP contribution in [0.3, 0.4) is 0 Å². The van der Waals surface area contributed by atoms with E-state index in [0.29, 0.717) is 0 Å². The number of hydrogen-bond acceptors (Lipinski definition) is 5. The number of carbonyl (C=O) groups is 1. The number of carbonyl (C=O) groups excluding carboxylic acids is 1. The zero-order valence-electron chi connectivity index (χ0n) is 8.07. The molecule has 0 aromatic rings. The molecule has 0 saturated carbocycles. The standard InChI is InChI=1S/C7H10N4O3/c1-5(12)9-7(10(2)3)6(4-8)11(13)14/h1-3H3,(H,9,12)/b7-6-. The monoisotopic (exact) mass is 198 g/mol. The van der Waals surface area contributed by atoms with Crippen molar-refractivity contribution in [2.24, 2.45) is 0 Å². The molecule has 0 bridgehead atoms. The number of nitrogens with zero attached hydrogens (tertiary/aromatic N) is 3. The lowest BCUT2D eigenvalue weighted by molar-refractivity contribution is -0.419. The third-order valence-electron chi connectivity index (χ3n) is 1.25. The van der Waals surface area contributed by atoms with Gasteiger partial charge in [0.1, 0.15) is 0 Å². The summed E-state index contributed by atoms with van der Waals surface area (Å²) in [5.41, 5.74) is -0.690. The molecule has 0 aromatic carbocycles. The smallest absolute Gasteiger partial charge is 0.358 e. The maximum atomic E-state index is 10.7. The highest BCUT2D eigenvalue weighted by atomic mass is 16.6. The third-order valence-corrected chi connectivity index (χ3v) is 1.25. The van der Waals surface area contributed by atoms with Crippen LogP contribution in [0.4, 0.5) is 0 Å². The SMILES string of the molecule is CC(=O)N/C(=C(\C#N)[N+](=O)[O-])N(C)C. The number of rotatable bonds is 3. The Labute approximate surface area is 80.8 Å². The summed E-state index contributed by atoms with van der Waals surface area (Å²) in [5.74, 6) is -0.590. The van der Waals surface area contributed by atoms with Gasteiger partial charge in [0, 0.05) is 21.0 Å². The largest absolute Gasteiger partial charge is 0.385 e. The van der Waals surface area contributed by atoms with Gasteiger partial charge in [0.2, 0.25) is 5.91 Å². The Morgan fingerprint density at radius 2 is 2.07 bits per heavy atom. The molecule has 7 heteroatoms. The van der Waals surface area contributed by atoms with Crippen LogP contribution in [-0.4, -0.2) is 29.8 Å². The molecule has 0 radical (unpaired) electrons. The maximum absolute atomic E-state index is 10.7. The van der Waals surface area contributed by atoms with E-state index >= 15 is 0 Å². The van der Waals surface area contributed by atoms with Crippen molar-refractivity contribution in [3.8, 4) is 6.07 Å². The topological polar surface area (TPSA) is 99.3 Å². The van der Waals surface area contributed by atoms with Gasteiger partial charge in [-0.1, -0.05) is 0 Å². The van der Waals surface area contributed by atoms with Crippen LogP contribution in [0.15, 0.2) is 11.5 Å². The van der Waals surface area contributed by atoms with Crippen LogP contribution in [0.1, 0.15) is 6.92 Å². The van der Waals surface area contributed by atoms with Gasteiger partial charge in [0.15, 0.2) is 11.9 Å². The van der Waals surface area contributed by atoms with Crippen LogP contribution in [0.5, 0.6) is 0 Å². The molecule has 0 rings (SSSR count). The average Bonchev–Trinajstić information content (AvgIpc) is 2.02. The quantitative estimate of drug-likeness (QED) is 0.379. The van der Waals surface area contributed by atoms with Crippen LogP contribution in [0.25, 0.3) is 0 Å². The molecule has 7 nitrogen and oxygen atoms in total. The summed E-state index contributed by atoms with van der Waals surface area (Å²) in [7, 11) is 2.98. The summed E-state index contributed by atoms with van der Waals surface area (Å²) in [6.07, 6.45) is 0. The second-order valence-corrected chi connectivity index (χ2v) is 2.64. The van der Waals surface area contributed by atoms with Gasteiger partial charge in [0.25, 0.3) is 0 Å². The summed E-state index contributed by atoms with van der Waals surface area (Å²) in [6, 6.07) is 1.41. The lowest BCUT2D eigenvalue weighted by atomic mass is 10.4. The predicted octanol–water partition coefficient (Wildman–Crippen LogP) is -0.347. The minimum atomic E-state index is -0.842. The highest BCUT2D eigenvalue weighted by Gasteiger charge is 2.20. The average molecular weight is 198 g/mol. The molecule has 76 valence electrons. The molecule has 0 aliphatic carbocycles. The van der Waals surface area contributed by atoms with Gasteiger partial charge in [-0.3, -0.25) is 14.9 Å². The summed E-state index contributed by atoms with van der Waals surface area (Å²) < 4.78 is 0. The number of nitriles is 1. The summed E-state index contributed by atoms with van der Waals surface area (Å²) in [5, 5.41) is 21.1. The van der Waals surface area contributed by atoms with Crippen molar-refractivity contribution in [2.75, 3.05) is 14.1 Å². The number of amides is 1. The van der Waals surface area contributed by atoms with Crippen LogP contribution in [-0.2, 0) is 4.79 Å². The van der Waals surface area contributed by atoms with E-state index in [4.69, 9.17) is 5.26 Å². The Hall–Kier alpha value is -2.10. The molecular weight excluding hydrogens is 188 g/mol. The molecule has 0 aromatic heterocycles. The first-order chi connectivity index (χ1) is 6.40. The van der Waals surface area contributed by atoms with Crippen molar-refractivity contribution in [3.63, 3.8) is 0 Å². The first kappa shape index (κ1) is 11.9. The van der Waals surface area contributed by atoms with Crippen LogP contribution in [0.2, 0.25) is 0 Å². The number of hydrogen-bond donors (Lipinski definition) is 1. The molecule has 1 amide bonds. The van der Waals surface area contributed by atoms with Crippen molar-refractivity contribution in [1.29, 1.82) is 5.26 Å². The van der Waals surface area contributed by atoms with E-state index in [1.165, 1.54) is 32.0 Å². The van der Waals surface area contributed by atoms with Crippen LogP contribution >= 0.6 is 0 Å². The normalized spacial score (nSPS) is 11.0. The zero-order chi connectivity index (χ0) is 11.3. The summed E-state index contributed by atoms with van der Waals surface area (Å²) in [4.78, 5) is 21.6. The number of nitrogens with one attached hydrogen (secondary N) is 1. The fourth-order valence-electron chi connectivity index (χ4n) is 0.730. The minimum absolute atomic E-state index is 0.120. The van der Waals surface area contributed by atoms with Gasteiger partial charge in [-0.25, -0.2) is 0 Å². The summed E-state index contributed by atoms with van der Waals surface area (Å²) >= 11 is 0. The molecule has 0 aliphatic heterocycles. The Balaban J connectivity index is 5.23. The van der Waals surface area contributed by atoms with Gasteiger partial charge >= 0.3 is 5.70 Å². The summed E-state index contributed by atoms with van der Waals surface area (Å²) in [6.45, 7) is 1.21. The van der Waals surface area contributed by atoms with Gasteiger partial charge in [-0.05, 0) is 0 Å². The lowest BCUT2D eigenvalue weighted by Crippen LogP contribution is -2.31. The van der Waals surface area contributed by atoms with Crippen molar-refractivity contribution in [1.82, 2.24) is 10.2 Å². The molecule has 0 atom stereocenters. The van der Waals surface area contributed by atoms with E-state index in [0.717, 1.165) is 0 Å². The van der Waals surface area contributed by atoms with Crippen molar-refractivity contribution in [3.05, 3.63) is 21.6 Å². The molecule has 0 spiro atoms. The van der Waals surface area contributed by atoms with Crippen molar-refractivity contribution in [2.45, 2.75) is 6.92 Å². The third kappa shape index (κ3) is 3.10. The Kier molecular flexibility index (Phi) is 4.09. The molecule has 0 aliphatic rings. The van der Waals surface area contributed by atoms with E-state index < -0.39 is 16.5 Å². The molecule has 0 unspecified atom stereocenters.